The van der Waals surface area contributed by atoms with Crippen LogP contribution in [0.2, 0.25) is 0 Å². The van der Waals surface area contributed by atoms with Gasteiger partial charge in [-0.2, -0.15) is 11.3 Å². The average molecular weight is 283 g/mol. The molecule has 0 unspecified atom stereocenters. The van der Waals surface area contributed by atoms with Gasteiger partial charge in [0, 0.05) is 11.8 Å². The maximum Gasteiger partial charge on any atom is 0.313 e. The van der Waals surface area contributed by atoms with Crippen molar-refractivity contribution >= 4 is 29.1 Å². The minimum Gasteiger partial charge on any atom is -0.481 e. The molecule has 5 nitrogen and oxygen atoms in total. The van der Waals surface area contributed by atoms with Crippen LogP contribution in [-0.2, 0) is 11.2 Å². The molecule has 0 aromatic carbocycles. The predicted molar refractivity (Wildman–Crippen MR) is 71.6 cm³/mol. The van der Waals surface area contributed by atoms with Gasteiger partial charge in [0.25, 0.3) is 0 Å². The monoisotopic (exact) mass is 283 g/mol. The molecule has 0 aliphatic rings. The van der Waals surface area contributed by atoms with Crippen molar-refractivity contribution in [3.63, 3.8) is 0 Å². The molecule has 0 aliphatic heterocycles. The first-order valence-corrected chi connectivity index (χ1v) is 7.46. The van der Waals surface area contributed by atoms with Gasteiger partial charge in [0.15, 0.2) is 5.16 Å². The van der Waals surface area contributed by atoms with Crippen LogP contribution >= 0.6 is 23.1 Å². The number of carbonyl (C=O) groups is 1. The van der Waals surface area contributed by atoms with Crippen molar-refractivity contribution < 1.29 is 9.90 Å². The molecule has 2 aromatic heterocycles. The third-order valence-corrected chi connectivity index (χ3v) is 3.85. The van der Waals surface area contributed by atoms with E-state index in [4.69, 9.17) is 5.11 Å². The number of aryl methyl sites for hydroxylation is 1. The lowest BCUT2D eigenvalue weighted by molar-refractivity contribution is -0.133. The van der Waals surface area contributed by atoms with Crippen LogP contribution in [0.3, 0.4) is 0 Å². The van der Waals surface area contributed by atoms with Crippen molar-refractivity contribution in [3.05, 3.63) is 22.7 Å². The van der Waals surface area contributed by atoms with E-state index in [0.717, 1.165) is 24.4 Å². The molecule has 0 saturated carbocycles. The molecule has 2 heterocycles. The second kappa shape index (κ2) is 6.01. The fraction of sp³-hybridized carbons (Fsp3) is 0.364. The highest BCUT2D eigenvalue weighted by atomic mass is 32.2. The number of carboxylic acids is 1. The van der Waals surface area contributed by atoms with Gasteiger partial charge >= 0.3 is 5.97 Å². The summed E-state index contributed by atoms with van der Waals surface area (Å²) in [4.78, 5) is 10.6. The van der Waals surface area contributed by atoms with E-state index in [9.17, 15) is 4.79 Å². The molecule has 18 heavy (non-hydrogen) atoms. The Balaban J connectivity index is 2.32. The molecule has 1 N–H and O–H groups in total. The minimum atomic E-state index is -0.850. The van der Waals surface area contributed by atoms with Gasteiger partial charge in [-0.05, 0) is 17.9 Å². The number of thiophene rings is 1. The molecule has 7 heteroatoms. The van der Waals surface area contributed by atoms with Crippen molar-refractivity contribution in [1.82, 2.24) is 14.8 Å². The second-order valence-corrected chi connectivity index (χ2v) is 5.37. The van der Waals surface area contributed by atoms with Crippen molar-refractivity contribution in [1.29, 1.82) is 0 Å². The highest BCUT2D eigenvalue weighted by molar-refractivity contribution is 7.99. The Morgan fingerprint density at radius 3 is 3.00 bits per heavy atom. The van der Waals surface area contributed by atoms with Crippen molar-refractivity contribution in [2.24, 2.45) is 0 Å². The maximum atomic E-state index is 10.6. The average Bonchev–Trinajstić information content (AvgIpc) is 2.95. The molecule has 0 spiro atoms. The zero-order chi connectivity index (χ0) is 13.0. The lowest BCUT2D eigenvalue weighted by Crippen LogP contribution is -2.04. The van der Waals surface area contributed by atoms with Crippen LogP contribution in [0, 0.1) is 0 Å². The smallest absolute Gasteiger partial charge is 0.313 e. The Bertz CT molecular complexity index is 522. The fourth-order valence-corrected chi connectivity index (χ4v) is 2.86. The van der Waals surface area contributed by atoms with Crippen molar-refractivity contribution in [2.45, 2.75) is 24.9 Å². The summed E-state index contributed by atoms with van der Waals surface area (Å²) in [5.41, 5.74) is 1.00. The number of rotatable bonds is 6. The Labute approximate surface area is 113 Å². The molecule has 0 saturated heterocycles. The number of aromatic nitrogens is 3. The summed E-state index contributed by atoms with van der Waals surface area (Å²) in [7, 11) is 0. The summed E-state index contributed by atoms with van der Waals surface area (Å²) < 4.78 is 1.94. The molecule has 96 valence electrons. The van der Waals surface area contributed by atoms with Crippen LogP contribution < -0.4 is 0 Å². The van der Waals surface area contributed by atoms with Gasteiger partial charge in [0.2, 0.25) is 0 Å². The fourth-order valence-electron chi connectivity index (χ4n) is 1.55. The zero-order valence-electron chi connectivity index (χ0n) is 9.87. The number of aliphatic carboxylic acids is 1. The molecule has 0 radical (unpaired) electrons. The Hall–Kier alpha value is -1.34. The molecule has 0 amide bonds. The Morgan fingerprint density at radius 1 is 1.56 bits per heavy atom. The number of thioether (sulfide) groups is 1. The molecule has 2 aromatic rings. The Kier molecular flexibility index (Phi) is 4.38. The summed E-state index contributed by atoms with van der Waals surface area (Å²) in [6, 6.07) is 1.98. The SMILES string of the molecule is CCCc1nnc(SCC(=O)O)n1-c1ccsc1. The van der Waals surface area contributed by atoms with Crippen LogP contribution in [-0.4, -0.2) is 31.6 Å². The topological polar surface area (TPSA) is 68.0 Å². The van der Waals surface area contributed by atoms with E-state index in [1.54, 1.807) is 11.3 Å². The minimum absolute atomic E-state index is 0.00556. The van der Waals surface area contributed by atoms with Gasteiger partial charge in [-0.1, -0.05) is 18.7 Å². The number of hydrogen-bond donors (Lipinski definition) is 1. The van der Waals surface area contributed by atoms with E-state index in [0.29, 0.717) is 5.16 Å². The molecule has 0 fully saturated rings. The summed E-state index contributed by atoms with van der Waals surface area (Å²) in [6.07, 6.45) is 1.81. The van der Waals surface area contributed by atoms with E-state index in [2.05, 4.69) is 17.1 Å². The number of nitrogens with zero attached hydrogens (tertiary/aromatic N) is 3. The van der Waals surface area contributed by atoms with Gasteiger partial charge in [0.05, 0.1) is 11.4 Å². The quantitative estimate of drug-likeness (QED) is 0.825. The highest BCUT2D eigenvalue weighted by Crippen LogP contribution is 2.24. The van der Waals surface area contributed by atoms with E-state index < -0.39 is 5.97 Å². The van der Waals surface area contributed by atoms with E-state index in [1.807, 2.05) is 21.4 Å². The van der Waals surface area contributed by atoms with Crippen LogP contribution in [0.15, 0.2) is 22.0 Å². The first-order chi connectivity index (χ1) is 8.72. The second-order valence-electron chi connectivity index (χ2n) is 3.65. The standard InChI is InChI=1S/C11H13N3O2S2/c1-2-3-9-12-13-11(18-7-10(15)16)14(9)8-4-5-17-6-8/h4-6H,2-3,7H2,1H3,(H,15,16). The third-order valence-electron chi connectivity index (χ3n) is 2.26. The normalized spacial score (nSPS) is 10.7. The maximum absolute atomic E-state index is 10.6. The van der Waals surface area contributed by atoms with E-state index >= 15 is 0 Å². The highest BCUT2D eigenvalue weighted by Gasteiger charge is 2.15. The van der Waals surface area contributed by atoms with Crippen molar-refractivity contribution in [3.8, 4) is 5.69 Å². The summed E-state index contributed by atoms with van der Waals surface area (Å²) in [5, 5.41) is 21.6. The lowest BCUT2D eigenvalue weighted by atomic mass is 10.3. The first-order valence-electron chi connectivity index (χ1n) is 5.53. The molecule has 0 bridgehead atoms. The van der Waals surface area contributed by atoms with Gasteiger partial charge in [-0.3, -0.25) is 9.36 Å². The first kappa shape index (κ1) is 13.1. The van der Waals surface area contributed by atoms with Crippen LogP contribution in [0.4, 0.5) is 0 Å². The largest absolute Gasteiger partial charge is 0.481 e. The molecule has 0 atom stereocenters. The number of carboxylic acid groups (broad SMARTS) is 1. The lowest BCUT2D eigenvalue weighted by Gasteiger charge is -2.06. The van der Waals surface area contributed by atoms with E-state index in [-0.39, 0.29) is 5.75 Å². The molecular formula is C11H13N3O2S2. The van der Waals surface area contributed by atoms with Crippen molar-refractivity contribution in [2.75, 3.05) is 5.75 Å². The van der Waals surface area contributed by atoms with Crippen LogP contribution in [0.25, 0.3) is 5.69 Å². The van der Waals surface area contributed by atoms with Gasteiger partial charge < -0.3 is 5.11 Å². The Morgan fingerprint density at radius 2 is 2.39 bits per heavy atom. The van der Waals surface area contributed by atoms with Gasteiger partial charge in [-0.15, -0.1) is 10.2 Å². The molecular weight excluding hydrogens is 270 g/mol. The van der Waals surface area contributed by atoms with Crippen LogP contribution in [0.5, 0.6) is 0 Å². The molecule has 0 aliphatic carbocycles. The number of hydrogen-bond acceptors (Lipinski definition) is 5. The van der Waals surface area contributed by atoms with Crippen LogP contribution in [0.1, 0.15) is 19.2 Å². The zero-order valence-corrected chi connectivity index (χ0v) is 11.5. The van der Waals surface area contributed by atoms with Gasteiger partial charge in [-0.25, -0.2) is 0 Å². The summed E-state index contributed by atoms with van der Waals surface area (Å²) >= 11 is 2.79. The van der Waals surface area contributed by atoms with E-state index in [1.165, 1.54) is 11.8 Å². The summed E-state index contributed by atoms with van der Waals surface area (Å²) in [5.74, 6) is 0.0229. The predicted octanol–water partition coefficient (Wildman–Crippen LogP) is 2.46. The third kappa shape index (κ3) is 2.91. The van der Waals surface area contributed by atoms with Gasteiger partial charge in [0.1, 0.15) is 5.82 Å². The summed E-state index contributed by atoms with van der Waals surface area (Å²) in [6.45, 7) is 2.08. The molecule has 2 rings (SSSR count).